The first-order valence-electron chi connectivity index (χ1n) is 21.1. The summed E-state index contributed by atoms with van der Waals surface area (Å²) in [4.78, 5) is 2.36. The fraction of sp³-hybridized carbons (Fsp3) is 0.0169. The van der Waals surface area contributed by atoms with Crippen molar-refractivity contribution >= 4 is 49.6 Å². The summed E-state index contributed by atoms with van der Waals surface area (Å²) in [7, 11) is 0. The third-order valence-corrected chi connectivity index (χ3v) is 12.4. The Labute approximate surface area is 361 Å². The van der Waals surface area contributed by atoms with Gasteiger partial charge in [-0.05, 0) is 99.4 Å². The van der Waals surface area contributed by atoms with Gasteiger partial charge < -0.3 is 9.47 Å². The fourth-order valence-corrected chi connectivity index (χ4v) is 9.58. The van der Waals surface area contributed by atoms with Crippen LogP contribution >= 0.6 is 0 Å². The summed E-state index contributed by atoms with van der Waals surface area (Å²) in [5.41, 5.74) is 12.8. The largest absolute Gasteiger partial charge is 0.310 e. The highest BCUT2D eigenvalue weighted by atomic mass is 19.1. The van der Waals surface area contributed by atoms with Crippen molar-refractivity contribution in [2.75, 3.05) is 4.90 Å². The second-order valence-electron chi connectivity index (χ2n) is 15.8. The van der Waals surface area contributed by atoms with Crippen LogP contribution in [0.3, 0.4) is 0 Å². The van der Waals surface area contributed by atoms with Crippen LogP contribution < -0.4 is 4.90 Å². The molecular weight excluding hydrogens is 756 g/mol. The Kier molecular flexibility index (Phi) is 9.28. The van der Waals surface area contributed by atoms with E-state index in [9.17, 15) is 4.39 Å². The summed E-state index contributed by atoms with van der Waals surface area (Å²) in [5, 5.41) is 4.62. The van der Waals surface area contributed by atoms with Gasteiger partial charge in [0, 0.05) is 33.2 Å². The van der Waals surface area contributed by atoms with Crippen LogP contribution in [0.1, 0.15) is 22.3 Å². The van der Waals surface area contributed by atoms with Crippen LogP contribution in [0.4, 0.5) is 21.5 Å². The van der Waals surface area contributed by atoms with Crippen molar-refractivity contribution in [3.63, 3.8) is 0 Å². The SMILES string of the molecule is Fc1ccc(-n2c3ccccc3c3ccc(N(c4ccc(-c5ccc(C(c6ccccc6)(c6ccccc6)c6ccccc6)cc5)cc4)c4cccc5ccccc45)cc32)cc1. The first-order valence-corrected chi connectivity index (χ1v) is 21.1. The van der Waals surface area contributed by atoms with Gasteiger partial charge in [-0.2, -0.15) is 0 Å². The first-order chi connectivity index (χ1) is 30.7. The molecule has 0 aliphatic rings. The summed E-state index contributed by atoms with van der Waals surface area (Å²) < 4.78 is 16.4. The Morgan fingerprint density at radius 1 is 0.355 bits per heavy atom. The van der Waals surface area contributed by atoms with E-state index in [4.69, 9.17) is 0 Å². The van der Waals surface area contributed by atoms with Crippen LogP contribution in [0.2, 0.25) is 0 Å². The zero-order chi connectivity index (χ0) is 41.5. The predicted octanol–water partition coefficient (Wildman–Crippen LogP) is 15.6. The lowest BCUT2D eigenvalue weighted by molar-refractivity contribution is 0.627. The Balaban J connectivity index is 1.03. The van der Waals surface area contributed by atoms with Gasteiger partial charge in [-0.25, -0.2) is 4.39 Å². The van der Waals surface area contributed by atoms with Crippen LogP contribution in [-0.2, 0) is 5.41 Å². The average Bonchev–Trinajstić information content (AvgIpc) is 3.67. The number of hydrogen-bond donors (Lipinski definition) is 0. The van der Waals surface area contributed by atoms with Crippen molar-refractivity contribution < 1.29 is 4.39 Å². The second kappa shape index (κ2) is 15.5. The maximum atomic E-state index is 14.2. The molecule has 0 unspecified atom stereocenters. The summed E-state index contributed by atoms with van der Waals surface area (Å²) in [6.45, 7) is 0. The zero-order valence-electron chi connectivity index (χ0n) is 33.9. The number of anilines is 3. The minimum Gasteiger partial charge on any atom is -0.310 e. The molecule has 0 saturated heterocycles. The first kappa shape index (κ1) is 37.0. The van der Waals surface area contributed by atoms with E-state index in [1.807, 2.05) is 12.1 Å². The van der Waals surface area contributed by atoms with Gasteiger partial charge in [-0.3, -0.25) is 0 Å². The van der Waals surface area contributed by atoms with Gasteiger partial charge in [-0.1, -0.05) is 188 Å². The topological polar surface area (TPSA) is 8.17 Å². The lowest BCUT2D eigenvalue weighted by Gasteiger charge is -2.37. The number of rotatable bonds is 9. The molecule has 3 heteroatoms. The highest BCUT2D eigenvalue weighted by Gasteiger charge is 2.38. The van der Waals surface area contributed by atoms with Crippen LogP contribution in [0, 0.1) is 5.82 Å². The minimum atomic E-state index is -0.505. The molecule has 0 saturated carbocycles. The van der Waals surface area contributed by atoms with Crippen molar-refractivity contribution in [2.24, 2.45) is 0 Å². The number of nitrogens with zero attached hydrogens (tertiary/aromatic N) is 2. The molecule has 11 rings (SSSR count). The summed E-state index contributed by atoms with van der Waals surface area (Å²) in [5.74, 6) is -0.253. The Morgan fingerprint density at radius 3 is 1.47 bits per heavy atom. The molecule has 0 amide bonds. The number of benzene rings is 10. The van der Waals surface area contributed by atoms with E-state index < -0.39 is 5.41 Å². The van der Waals surface area contributed by atoms with E-state index in [2.05, 4.69) is 234 Å². The van der Waals surface area contributed by atoms with Crippen LogP contribution in [0.15, 0.2) is 249 Å². The molecule has 0 aliphatic carbocycles. The van der Waals surface area contributed by atoms with Crippen LogP contribution in [-0.4, -0.2) is 4.57 Å². The summed E-state index contributed by atoms with van der Waals surface area (Å²) >= 11 is 0. The molecule has 0 radical (unpaired) electrons. The van der Waals surface area contributed by atoms with E-state index in [1.165, 1.54) is 39.8 Å². The molecule has 1 heterocycles. The van der Waals surface area contributed by atoms with Gasteiger partial charge in [0.2, 0.25) is 0 Å². The standard InChI is InChI=1S/C59H41FN2/c60-49-33-37-51(38-34-49)62-57-25-13-12-24-54(57)55-40-39-52(41-58(55)62)61(56-26-14-16-44-15-10-11-23-53(44)56)50-35-29-43(30-36-50)42-27-31-48(32-28-42)59(45-17-4-1-5-18-45,46-19-6-2-7-20-46)47-21-8-3-9-22-47/h1-41H. The monoisotopic (exact) mass is 796 g/mol. The van der Waals surface area contributed by atoms with Crippen molar-refractivity contribution in [1.29, 1.82) is 0 Å². The van der Waals surface area contributed by atoms with Gasteiger partial charge in [-0.15, -0.1) is 0 Å². The molecule has 62 heavy (non-hydrogen) atoms. The Hall–Kier alpha value is -8.01. The Bertz CT molecular complexity index is 3220. The molecule has 10 aromatic carbocycles. The number of aromatic nitrogens is 1. The fourth-order valence-electron chi connectivity index (χ4n) is 9.58. The van der Waals surface area contributed by atoms with Gasteiger partial charge in [0.15, 0.2) is 0 Å². The van der Waals surface area contributed by atoms with E-state index >= 15 is 0 Å². The quantitative estimate of drug-likeness (QED) is 0.132. The second-order valence-corrected chi connectivity index (χ2v) is 15.8. The molecule has 2 nitrogen and oxygen atoms in total. The summed E-state index contributed by atoms with van der Waals surface area (Å²) in [6, 6.07) is 87.6. The van der Waals surface area contributed by atoms with E-state index in [0.29, 0.717) is 0 Å². The zero-order valence-corrected chi connectivity index (χ0v) is 33.9. The van der Waals surface area contributed by atoms with Gasteiger partial charge >= 0.3 is 0 Å². The highest BCUT2D eigenvalue weighted by Crippen LogP contribution is 2.46. The molecule has 0 spiro atoms. The average molecular weight is 797 g/mol. The third kappa shape index (κ3) is 6.26. The van der Waals surface area contributed by atoms with Crippen LogP contribution in [0.5, 0.6) is 0 Å². The van der Waals surface area contributed by atoms with Crippen molar-refractivity contribution in [3.8, 4) is 16.8 Å². The Morgan fingerprint density at radius 2 is 0.839 bits per heavy atom. The maximum Gasteiger partial charge on any atom is 0.123 e. The van der Waals surface area contributed by atoms with Crippen molar-refractivity contribution in [3.05, 3.63) is 277 Å². The van der Waals surface area contributed by atoms with Gasteiger partial charge in [0.25, 0.3) is 0 Å². The minimum absolute atomic E-state index is 0.253. The summed E-state index contributed by atoms with van der Waals surface area (Å²) in [6.07, 6.45) is 0. The molecule has 294 valence electrons. The van der Waals surface area contributed by atoms with Crippen molar-refractivity contribution in [1.82, 2.24) is 4.57 Å². The molecule has 0 N–H and O–H groups in total. The lowest BCUT2D eigenvalue weighted by Crippen LogP contribution is -2.30. The molecule has 0 fully saturated rings. The predicted molar refractivity (Wildman–Crippen MR) is 257 cm³/mol. The maximum absolute atomic E-state index is 14.2. The van der Waals surface area contributed by atoms with E-state index in [-0.39, 0.29) is 5.82 Å². The number of halogens is 1. The van der Waals surface area contributed by atoms with E-state index in [0.717, 1.165) is 61.1 Å². The molecule has 0 bridgehead atoms. The van der Waals surface area contributed by atoms with E-state index in [1.54, 1.807) is 0 Å². The molecular formula is C59H41FN2. The highest BCUT2D eigenvalue weighted by molar-refractivity contribution is 6.11. The van der Waals surface area contributed by atoms with Crippen molar-refractivity contribution in [2.45, 2.75) is 5.41 Å². The van der Waals surface area contributed by atoms with Gasteiger partial charge in [0.05, 0.1) is 22.1 Å². The molecule has 1 aromatic heterocycles. The smallest absolute Gasteiger partial charge is 0.123 e. The normalized spacial score (nSPS) is 11.6. The lowest BCUT2D eigenvalue weighted by atomic mass is 9.65. The third-order valence-electron chi connectivity index (χ3n) is 12.4. The number of hydrogen-bond acceptors (Lipinski definition) is 1. The number of para-hydroxylation sites is 1. The van der Waals surface area contributed by atoms with Crippen LogP contribution in [0.25, 0.3) is 49.4 Å². The molecule has 0 atom stereocenters. The number of fused-ring (bicyclic) bond motifs is 4. The molecule has 11 aromatic rings. The molecule has 0 aliphatic heterocycles. The van der Waals surface area contributed by atoms with Gasteiger partial charge in [0.1, 0.15) is 5.82 Å².